The van der Waals surface area contributed by atoms with Crippen LogP contribution in [0.15, 0.2) is 0 Å². The van der Waals surface area contributed by atoms with Crippen LogP contribution in [0, 0.1) is 0 Å². The number of hydrogen-bond donors (Lipinski definition) is 1. The van der Waals surface area contributed by atoms with E-state index in [-0.39, 0.29) is 5.75 Å². The van der Waals surface area contributed by atoms with Gasteiger partial charge in [0.1, 0.15) is 0 Å². The number of rotatable bonds is 12. The van der Waals surface area contributed by atoms with Crippen LogP contribution in [-0.4, -0.2) is 72.6 Å². The monoisotopic (exact) mass is 282 g/mol. The molecular formula is C11H26N2O4S. The number of methoxy groups -OCH3 is 2. The molecule has 0 aromatic carbocycles. The van der Waals surface area contributed by atoms with E-state index in [0.29, 0.717) is 45.7 Å². The molecule has 0 unspecified atom stereocenters. The molecule has 6 nitrogen and oxygen atoms in total. The van der Waals surface area contributed by atoms with Crippen LogP contribution in [0.3, 0.4) is 0 Å². The first-order valence-electron chi connectivity index (χ1n) is 6.18. The van der Waals surface area contributed by atoms with Crippen molar-refractivity contribution in [3.05, 3.63) is 0 Å². The molecule has 110 valence electrons. The highest BCUT2D eigenvalue weighted by Gasteiger charge is 2.20. The van der Waals surface area contributed by atoms with Gasteiger partial charge in [-0.2, -0.15) is 4.31 Å². The first-order chi connectivity index (χ1) is 8.58. The topological polar surface area (TPSA) is 67.9 Å². The van der Waals surface area contributed by atoms with E-state index in [9.17, 15) is 8.42 Å². The molecule has 0 aliphatic heterocycles. The Balaban J connectivity index is 4.30. The largest absolute Gasteiger partial charge is 0.385 e. The summed E-state index contributed by atoms with van der Waals surface area (Å²) in [6.45, 7) is 2.57. The summed E-state index contributed by atoms with van der Waals surface area (Å²) in [6, 6.07) is 0. The maximum Gasteiger partial charge on any atom is 0.214 e. The molecule has 0 radical (unpaired) electrons. The average molecular weight is 282 g/mol. The van der Waals surface area contributed by atoms with E-state index in [1.165, 1.54) is 4.31 Å². The Hall–Kier alpha value is -0.210. The van der Waals surface area contributed by atoms with Gasteiger partial charge < -0.3 is 14.8 Å². The molecule has 0 rings (SSSR count). The Morgan fingerprint density at radius 3 is 2.28 bits per heavy atom. The molecule has 0 aliphatic rings. The van der Waals surface area contributed by atoms with Crippen LogP contribution in [0.4, 0.5) is 0 Å². The van der Waals surface area contributed by atoms with Gasteiger partial charge in [-0.25, -0.2) is 8.42 Å². The zero-order valence-corrected chi connectivity index (χ0v) is 12.5. The van der Waals surface area contributed by atoms with E-state index in [4.69, 9.17) is 9.47 Å². The molecule has 0 aromatic heterocycles. The minimum atomic E-state index is -3.19. The molecule has 0 aliphatic carbocycles. The standard InChI is InChI=1S/C11H26N2O4S/c1-12-6-4-11-18(14,15)13(8-10-17-3)7-5-9-16-2/h12H,4-11H2,1-3H3. The highest BCUT2D eigenvalue weighted by molar-refractivity contribution is 7.89. The Labute approximate surface area is 111 Å². The van der Waals surface area contributed by atoms with E-state index >= 15 is 0 Å². The predicted octanol–water partition coefficient (Wildman–Crippen LogP) is -0.0894. The van der Waals surface area contributed by atoms with Crippen LogP contribution in [0.25, 0.3) is 0 Å². The van der Waals surface area contributed by atoms with Crippen molar-refractivity contribution in [2.75, 3.05) is 59.9 Å². The first kappa shape index (κ1) is 17.8. The van der Waals surface area contributed by atoms with Crippen LogP contribution >= 0.6 is 0 Å². The third-order valence-electron chi connectivity index (χ3n) is 2.52. The summed E-state index contributed by atoms with van der Waals surface area (Å²) in [5.74, 6) is 0.171. The van der Waals surface area contributed by atoms with Crippen molar-refractivity contribution in [3.63, 3.8) is 0 Å². The molecule has 0 aromatic rings. The van der Waals surface area contributed by atoms with E-state index in [1.54, 1.807) is 14.2 Å². The highest BCUT2D eigenvalue weighted by atomic mass is 32.2. The molecular weight excluding hydrogens is 256 g/mol. The summed E-state index contributed by atoms with van der Waals surface area (Å²) in [5.41, 5.74) is 0. The maximum absolute atomic E-state index is 12.1. The molecule has 0 saturated carbocycles. The third kappa shape index (κ3) is 7.99. The van der Waals surface area contributed by atoms with Crippen molar-refractivity contribution in [2.45, 2.75) is 12.8 Å². The zero-order chi connectivity index (χ0) is 13.9. The van der Waals surface area contributed by atoms with Crippen LogP contribution < -0.4 is 5.32 Å². The second-order valence-corrected chi connectivity index (χ2v) is 6.10. The van der Waals surface area contributed by atoms with Crippen molar-refractivity contribution in [1.82, 2.24) is 9.62 Å². The fraction of sp³-hybridized carbons (Fsp3) is 1.00. The van der Waals surface area contributed by atoms with Crippen LogP contribution in [0.2, 0.25) is 0 Å². The molecule has 0 spiro atoms. The van der Waals surface area contributed by atoms with Gasteiger partial charge in [0.15, 0.2) is 0 Å². The number of ether oxygens (including phenoxy) is 2. The summed E-state index contributed by atoms with van der Waals surface area (Å²) < 4.78 is 35.6. The van der Waals surface area contributed by atoms with E-state index in [0.717, 1.165) is 0 Å². The lowest BCUT2D eigenvalue weighted by Gasteiger charge is -2.21. The van der Waals surface area contributed by atoms with Crippen molar-refractivity contribution >= 4 is 10.0 Å². The SMILES string of the molecule is CNCCCS(=O)(=O)N(CCCOC)CCOC. The van der Waals surface area contributed by atoms with Gasteiger partial charge in [0.05, 0.1) is 12.4 Å². The minimum absolute atomic E-state index is 0.171. The molecule has 18 heavy (non-hydrogen) atoms. The zero-order valence-electron chi connectivity index (χ0n) is 11.6. The Kier molecular flexibility index (Phi) is 10.6. The lowest BCUT2D eigenvalue weighted by atomic mass is 10.4. The van der Waals surface area contributed by atoms with Crippen LogP contribution in [0.1, 0.15) is 12.8 Å². The van der Waals surface area contributed by atoms with E-state index in [2.05, 4.69) is 5.32 Å². The van der Waals surface area contributed by atoms with Crippen molar-refractivity contribution < 1.29 is 17.9 Å². The predicted molar refractivity (Wildman–Crippen MR) is 72.3 cm³/mol. The fourth-order valence-corrected chi connectivity index (χ4v) is 3.06. The normalized spacial score (nSPS) is 12.2. The molecule has 0 bridgehead atoms. The Bertz CT molecular complexity index is 283. The van der Waals surface area contributed by atoms with Crippen molar-refractivity contribution in [1.29, 1.82) is 0 Å². The highest BCUT2D eigenvalue weighted by Crippen LogP contribution is 2.05. The Morgan fingerprint density at radius 1 is 1.06 bits per heavy atom. The molecule has 0 heterocycles. The molecule has 0 saturated heterocycles. The summed E-state index contributed by atoms with van der Waals surface area (Å²) in [5, 5.41) is 2.95. The van der Waals surface area contributed by atoms with Gasteiger partial charge in [0.2, 0.25) is 10.0 Å². The number of nitrogens with zero attached hydrogens (tertiary/aromatic N) is 1. The molecule has 1 N–H and O–H groups in total. The first-order valence-corrected chi connectivity index (χ1v) is 7.79. The molecule has 0 atom stereocenters. The second kappa shape index (κ2) is 10.7. The molecule has 7 heteroatoms. The van der Waals surface area contributed by atoms with Crippen LogP contribution in [-0.2, 0) is 19.5 Å². The lowest BCUT2D eigenvalue weighted by molar-refractivity contribution is 0.164. The quantitative estimate of drug-likeness (QED) is 0.507. The smallest absolute Gasteiger partial charge is 0.214 e. The van der Waals surface area contributed by atoms with Gasteiger partial charge in [0.25, 0.3) is 0 Å². The summed E-state index contributed by atoms with van der Waals surface area (Å²) in [7, 11) is 1.81. The fourth-order valence-electron chi connectivity index (χ4n) is 1.53. The number of nitrogens with one attached hydrogen (secondary N) is 1. The third-order valence-corrected chi connectivity index (χ3v) is 4.48. The van der Waals surface area contributed by atoms with E-state index < -0.39 is 10.0 Å². The summed E-state index contributed by atoms with van der Waals surface area (Å²) in [6.07, 6.45) is 1.32. The second-order valence-electron chi connectivity index (χ2n) is 4.01. The number of sulfonamides is 1. The number of hydrogen-bond acceptors (Lipinski definition) is 5. The summed E-state index contributed by atoms with van der Waals surface area (Å²) >= 11 is 0. The van der Waals surface area contributed by atoms with Gasteiger partial charge in [-0.05, 0) is 26.4 Å². The average Bonchev–Trinajstić information content (AvgIpc) is 2.33. The van der Waals surface area contributed by atoms with Gasteiger partial charge in [-0.15, -0.1) is 0 Å². The van der Waals surface area contributed by atoms with Crippen molar-refractivity contribution in [3.8, 4) is 0 Å². The van der Waals surface area contributed by atoms with Gasteiger partial charge >= 0.3 is 0 Å². The summed E-state index contributed by atoms with van der Waals surface area (Å²) in [4.78, 5) is 0. The van der Waals surface area contributed by atoms with Crippen LogP contribution in [0.5, 0.6) is 0 Å². The maximum atomic E-state index is 12.1. The van der Waals surface area contributed by atoms with E-state index in [1.807, 2.05) is 7.05 Å². The van der Waals surface area contributed by atoms with Gasteiger partial charge in [0, 0.05) is 33.9 Å². The lowest BCUT2D eigenvalue weighted by Crippen LogP contribution is -2.37. The van der Waals surface area contributed by atoms with Gasteiger partial charge in [-0.3, -0.25) is 0 Å². The molecule has 0 amide bonds. The Morgan fingerprint density at radius 2 is 1.72 bits per heavy atom. The van der Waals surface area contributed by atoms with Gasteiger partial charge in [-0.1, -0.05) is 0 Å². The molecule has 0 fully saturated rings. The minimum Gasteiger partial charge on any atom is -0.385 e. The van der Waals surface area contributed by atoms with Crippen molar-refractivity contribution in [2.24, 2.45) is 0 Å².